The molecular formula is C13H20N2O2. The van der Waals surface area contributed by atoms with E-state index >= 15 is 0 Å². The van der Waals surface area contributed by atoms with Crippen LogP contribution < -0.4 is 11.2 Å². The molecule has 1 aromatic heterocycles. The van der Waals surface area contributed by atoms with Gasteiger partial charge >= 0.3 is 5.69 Å². The van der Waals surface area contributed by atoms with Crippen molar-refractivity contribution < 1.29 is 0 Å². The topological polar surface area (TPSA) is 54.9 Å². The van der Waals surface area contributed by atoms with Crippen LogP contribution in [0.25, 0.3) is 0 Å². The highest BCUT2D eigenvalue weighted by Crippen LogP contribution is 2.26. The molecule has 0 unspecified atom stereocenters. The molecule has 1 aliphatic rings. The van der Waals surface area contributed by atoms with Crippen molar-refractivity contribution >= 4 is 0 Å². The first-order chi connectivity index (χ1) is 8.16. The number of aryl methyl sites for hydroxylation is 1. The molecule has 0 bridgehead atoms. The lowest BCUT2D eigenvalue weighted by Gasteiger charge is -2.21. The van der Waals surface area contributed by atoms with Crippen LogP contribution in [-0.2, 0) is 13.5 Å². The average Bonchev–Trinajstić information content (AvgIpc) is 2.34. The second-order valence-electron chi connectivity index (χ2n) is 5.04. The van der Waals surface area contributed by atoms with Gasteiger partial charge in [-0.2, -0.15) is 0 Å². The van der Waals surface area contributed by atoms with Crippen LogP contribution in [0.3, 0.4) is 0 Å². The number of nitrogens with zero attached hydrogens (tertiary/aromatic N) is 1. The van der Waals surface area contributed by atoms with Gasteiger partial charge in [-0.15, -0.1) is 0 Å². The standard InChI is InChI=1S/C13H20N2O2/c1-15-12(16)9-11(14-13(15)17)8-7-10-5-3-2-4-6-10/h9-10H,2-8H2,1H3,(H,14,17). The van der Waals surface area contributed by atoms with E-state index in [9.17, 15) is 9.59 Å². The van der Waals surface area contributed by atoms with Crippen LogP contribution in [0.4, 0.5) is 0 Å². The lowest BCUT2D eigenvalue weighted by molar-refractivity contribution is 0.338. The summed E-state index contributed by atoms with van der Waals surface area (Å²) in [6.45, 7) is 0. The Kier molecular flexibility index (Phi) is 3.82. The van der Waals surface area contributed by atoms with E-state index in [1.54, 1.807) is 6.07 Å². The zero-order chi connectivity index (χ0) is 12.3. The van der Waals surface area contributed by atoms with E-state index in [0.29, 0.717) is 0 Å². The summed E-state index contributed by atoms with van der Waals surface area (Å²) in [6, 6.07) is 1.55. The molecule has 0 atom stereocenters. The van der Waals surface area contributed by atoms with Crippen LogP contribution in [0.1, 0.15) is 44.2 Å². The normalized spacial score (nSPS) is 17.2. The first-order valence-electron chi connectivity index (χ1n) is 6.46. The van der Waals surface area contributed by atoms with Crippen molar-refractivity contribution in [3.63, 3.8) is 0 Å². The van der Waals surface area contributed by atoms with Crippen molar-refractivity contribution in [1.82, 2.24) is 9.55 Å². The third kappa shape index (κ3) is 3.08. The van der Waals surface area contributed by atoms with Gasteiger partial charge in [0.25, 0.3) is 5.56 Å². The number of rotatable bonds is 3. The van der Waals surface area contributed by atoms with Gasteiger partial charge in [0.15, 0.2) is 0 Å². The molecule has 0 saturated heterocycles. The fraction of sp³-hybridized carbons (Fsp3) is 0.692. The van der Waals surface area contributed by atoms with Crippen LogP contribution >= 0.6 is 0 Å². The Balaban J connectivity index is 1.99. The fourth-order valence-electron chi connectivity index (χ4n) is 2.57. The van der Waals surface area contributed by atoms with E-state index in [1.807, 2.05) is 0 Å². The van der Waals surface area contributed by atoms with Crippen molar-refractivity contribution in [2.75, 3.05) is 0 Å². The molecule has 1 aliphatic carbocycles. The maximum Gasteiger partial charge on any atom is 0.328 e. The van der Waals surface area contributed by atoms with Gasteiger partial charge in [-0.05, 0) is 18.8 Å². The van der Waals surface area contributed by atoms with Crippen molar-refractivity contribution in [3.8, 4) is 0 Å². The highest BCUT2D eigenvalue weighted by atomic mass is 16.2. The summed E-state index contributed by atoms with van der Waals surface area (Å²) < 4.78 is 1.10. The van der Waals surface area contributed by atoms with Gasteiger partial charge in [-0.25, -0.2) is 4.79 Å². The van der Waals surface area contributed by atoms with E-state index in [4.69, 9.17) is 0 Å². The number of hydrogen-bond donors (Lipinski definition) is 1. The second-order valence-corrected chi connectivity index (χ2v) is 5.04. The summed E-state index contributed by atoms with van der Waals surface area (Å²) in [7, 11) is 1.49. The minimum Gasteiger partial charge on any atom is -0.311 e. The molecule has 2 rings (SSSR count). The van der Waals surface area contributed by atoms with Crippen LogP contribution in [0, 0.1) is 5.92 Å². The molecule has 4 nitrogen and oxygen atoms in total. The predicted molar refractivity (Wildman–Crippen MR) is 67.2 cm³/mol. The minimum atomic E-state index is -0.309. The lowest BCUT2D eigenvalue weighted by Crippen LogP contribution is -2.33. The number of nitrogens with one attached hydrogen (secondary N) is 1. The van der Waals surface area contributed by atoms with E-state index in [-0.39, 0.29) is 11.2 Å². The molecule has 17 heavy (non-hydrogen) atoms. The molecule has 0 aromatic carbocycles. The van der Waals surface area contributed by atoms with Crippen LogP contribution in [-0.4, -0.2) is 9.55 Å². The molecule has 1 heterocycles. The maximum atomic E-state index is 11.5. The minimum absolute atomic E-state index is 0.215. The van der Waals surface area contributed by atoms with Gasteiger partial charge in [-0.3, -0.25) is 9.36 Å². The van der Waals surface area contributed by atoms with E-state index < -0.39 is 0 Å². The van der Waals surface area contributed by atoms with Gasteiger partial charge in [-0.1, -0.05) is 32.1 Å². The monoisotopic (exact) mass is 236 g/mol. The summed E-state index contributed by atoms with van der Waals surface area (Å²) in [5.74, 6) is 0.774. The van der Waals surface area contributed by atoms with Gasteiger partial charge in [0.2, 0.25) is 0 Å². The summed E-state index contributed by atoms with van der Waals surface area (Å²) >= 11 is 0. The highest BCUT2D eigenvalue weighted by molar-refractivity contribution is 5.00. The van der Waals surface area contributed by atoms with Crippen molar-refractivity contribution in [1.29, 1.82) is 0 Å². The summed E-state index contributed by atoms with van der Waals surface area (Å²) in [5, 5.41) is 0. The third-order valence-electron chi connectivity index (χ3n) is 3.75. The van der Waals surface area contributed by atoms with E-state index in [1.165, 1.54) is 39.2 Å². The second kappa shape index (κ2) is 5.34. The maximum absolute atomic E-state index is 11.5. The van der Waals surface area contributed by atoms with Crippen LogP contribution in [0.5, 0.6) is 0 Å². The Morgan fingerprint density at radius 2 is 2.00 bits per heavy atom. The highest BCUT2D eigenvalue weighted by Gasteiger charge is 2.13. The molecule has 0 spiro atoms. The smallest absolute Gasteiger partial charge is 0.311 e. The number of hydrogen-bond acceptors (Lipinski definition) is 2. The SMILES string of the molecule is Cn1c(=O)cc(CCC2CCCCC2)[nH]c1=O. The van der Waals surface area contributed by atoms with Gasteiger partial charge in [0.05, 0.1) is 0 Å². The number of aromatic amines is 1. The molecule has 1 fully saturated rings. The molecule has 1 N–H and O–H groups in total. The zero-order valence-electron chi connectivity index (χ0n) is 10.4. The third-order valence-corrected chi connectivity index (χ3v) is 3.75. The zero-order valence-corrected chi connectivity index (χ0v) is 10.4. The Bertz CT molecular complexity index is 450. The summed E-state index contributed by atoms with van der Waals surface area (Å²) in [6.07, 6.45) is 8.53. The molecule has 1 saturated carbocycles. The quantitative estimate of drug-likeness (QED) is 0.866. The van der Waals surface area contributed by atoms with E-state index in [0.717, 1.165) is 29.0 Å². The molecule has 0 aliphatic heterocycles. The van der Waals surface area contributed by atoms with Gasteiger partial charge < -0.3 is 4.98 Å². The Morgan fingerprint density at radius 1 is 1.29 bits per heavy atom. The Hall–Kier alpha value is -1.32. The first-order valence-corrected chi connectivity index (χ1v) is 6.46. The Morgan fingerprint density at radius 3 is 2.65 bits per heavy atom. The van der Waals surface area contributed by atoms with Crippen molar-refractivity contribution in [2.24, 2.45) is 13.0 Å². The molecule has 94 valence electrons. The van der Waals surface area contributed by atoms with E-state index in [2.05, 4.69) is 4.98 Å². The molecule has 1 aromatic rings. The molecular weight excluding hydrogens is 216 g/mol. The summed E-state index contributed by atoms with van der Waals surface area (Å²) in [4.78, 5) is 25.6. The van der Waals surface area contributed by atoms with Gasteiger partial charge in [0.1, 0.15) is 0 Å². The van der Waals surface area contributed by atoms with Crippen LogP contribution in [0.15, 0.2) is 15.7 Å². The summed E-state index contributed by atoms with van der Waals surface area (Å²) in [5.41, 5.74) is 0.257. The fourth-order valence-corrected chi connectivity index (χ4v) is 2.57. The first kappa shape index (κ1) is 12.1. The Labute approximate surface area is 101 Å². The number of H-pyrrole nitrogens is 1. The largest absolute Gasteiger partial charge is 0.328 e. The van der Waals surface area contributed by atoms with Gasteiger partial charge in [0, 0.05) is 18.8 Å². The predicted octanol–water partition coefficient (Wildman–Crippen LogP) is 1.59. The van der Waals surface area contributed by atoms with Crippen LogP contribution in [0.2, 0.25) is 0 Å². The molecule has 0 radical (unpaired) electrons. The molecule has 4 heteroatoms. The average molecular weight is 236 g/mol. The number of aromatic nitrogens is 2. The lowest BCUT2D eigenvalue weighted by atomic mass is 9.86. The van der Waals surface area contributed by atoms with Crippen molar-refractivity contribution in [3.05, 3.63) is 32.6 Å². The van der Waals surface area contributed by atoms with Crippen molar-refractivity contribution in [2.45, 2.75) is 44.9 Å². The molecule has 0 amide bonds.